The lowest BCUT2D eigenvalue weighted by Crippen LogP contribution is -2.34. The van der Waals surface area contributed by atoms with Crippen molar-refractivity contribution in [2.75, 3.05) is 11.9 Å². The van der Waals surface area contributed by atoms with Crippen LogP contribution in [0.1, 0.15) is 68.8 Å². The molecule has 1 amide bonds. The molecule has 0 saturated heterocycles. The number of carbonyl (C=O) groups excluding carboxylic acids is 2. The first kappa shape index (κ1) is 21.7. The van der Waals surface area contributed by atoms with E-state index in [2.05, 4.69) is 22.5 Å². The van der Waals surface area contributed by atoms with Gasteiger partial charge in [-0.25, -0.2) is 0 Å². The van der Waals surface area contributed by atoms with Gasteiger partial charge in [-0.05, 0) is 30.5 Å². The summed E-state index contributed by atoms with van der Waals surface area (Å²) in [6.07, 6.45) is 1.36. The lowest BCUT2D eigenvalue weighted by Gasteiger charge is -2.34. The first-order chi connectivity index (χ1) is 14.6. The van der Waals surface area contributed by atoms with Gasteiger partial charge in [0, 0.05) is 31.1 Å². The molecule has 6 heteroatoms. The first-order valence-corrected chi connectivity index (χ1v) is 10.7. The Morgan fingerprint density at radius 2 is 1.67 bits per heavy atom. The van der Waals surface area contributed by atoms with Gasteiger partial charge in [0.2, 0.25) is 5.91 Å². The van der Waals surface area contributed by atoms with E-state index < -0.39 is 0 Å². The number of nitrogens with zero attached hydrogens (tertiary/aromatic N) is 4. The van der Waals surface area contributed by atoms with Crippen LogP contribution in [0.4, 0.5) is 5.69 Å². The summed E-state index contributed by atoms with van der Waals surface area (Å²) in [6.45, 7) is 6.07. The molecule has 30 heavy (non-hydrogen) atoms. The topological polar surface area (TPSA) is 65.3 Å². The Hall–Kier alpha value is -3.02. The zero-order valence-electron chi connectivity index (χ0n) is 18.2. The molecule has 2 atom stereocenters. The summed E-state index contributed by atoms with van der Waals surface area (Å²) in [6, 6.07) is 16.0. The van der Waals surface area contributed by atoms with Crippen molar-refractivity contribution in [3.63, 3.8) is 0 Å². The van der Waals surface area contributed by atoms with Crippen molar-refractivity contribution < 1.29 is 9.59 Å². The Labute approximate surface area is 178 Å². The summed E-state index contributed by atoms with van der Waals surface area (Å²) in [5.74, 6) is 0.147. The second kappa shape index (κ2) is 9.65. The number of likely N-dealkylation sites (N-methyl/N-ethyl adjacent to an activating group) is 1. The molecule has 4 rings (SSSR count). The maximum atomic E-state index is 13.1. The fourth-order valence-electron chi connectivity index (χ4n) is 4.12. The van der Waals surface area contributed by atoms with E-state index in [4.69, 9.17) is 0 Å². The highest BCUT2D eigenvalue weighted by Crippen LogP contribution is 2.47. The maximum absolute atomic E-state index is 13.1. The number of rotatable bonds is 4. The van der Waals surface area contributed by atoms with E-state index in [0.717, 1.165) is 22.4 Å². The Bertz CT molecular complexity index is 940. The van der Waals surface area contributed by atoms with Crippen molar-refractivity contribution in [2.24, 2.45) is 10.3 Å². The summed E-state index contributed by atoms with van der Waals surface area (Å²) in [5, 5.41) is 10.8. The predicted molar refractivity (Wildman–Crippen MR) is 118 cm³/mol. The average Bonchev–Trinajstić information content (AvgIpc) is 3.13. The molecule has 0 fully saturated rings. The van der Waals surface area contributed by atoms with Crippen LogP contribution >= 0.6 is 0 Å². The Morgan fingerprint density at radius 1 is 1.00 bits per heavy atom. The van der Waals surface area contributed by atoms with Crippen LogP contribution in [-0.2, 0) is 16.1 Å². The number of hydrogen-bond donors (Lipinski definition) is 0. The summed E-state index contributed by atoms with van der Waals surface area (Å²) in [4.78, 5) is 26.2. The molecule has 2 aromatic rings. The highest BCUT2D eigenvalue weighted by Gasteiger charge is 2.38. The number of Topliss-reactive ketones (excluding diaryl/α,β-unsaturated/α-hetero) is 1. The van der Waals surface area contributed by atoms with Crippen molar-refractivity contribution in [3.8, 4) is 0 Å². The normalized spacial score (nSPS) is 18.9. The van der Waals surface area contributed by atoms with Crippen LogP contribution in [0.5, 0.6) is 0 Å². The van der Waals surface area contributed by atoms with Crippen LogP contribution < -0.4 is 4.90 Å². The minimum atomic E-state index is -0.157. The van der Waals surface area contributed by atoms with Gasteiger partial charge in [0.25, 0.3) is 0 Å². The van der Waals surface area contributed by atoms with Gasteiger partial charge in [0.15, 0.2) is 0 Å². The molecule has 0 spiro atoms. The second-order valence-electron chi connectivity index (χ2n) is 7.46. The van der Waals surface area contributed by atoms with Crippen molar-refractivity contribution in [3.05, 3.63) is 65.2 Å². The van der Waals surface area contributed by atoms with Gasteiger partial charge in [0.1, 0.15) is 17.9 Å². The van der Waals surface area contributed by atoms with Gasteiger partial charge in [-0.15, -0.1) is 0 Å². The molecule has 0 bridgehead atoms. The van der Waals surface area contributed by atoms with Crippen LogP contribution in [0.25, 0.3) is 0 Å². The number of fused-ring (bicyclic) bond motifs is 5. The number of anilines is 1. The quantitative estimate of drug-likeness (QED) is 0.681. The van der Waals surface area contributed by atoms with Gasteiger partial charge in [-0.2, -0.15) is 5.11 Å². The molecule has 0 radical (unpaired) electrons. The van der Waals surface area contributed by atoms with E-state index >= 15 is 0 Å². The van der Waals surface area contributed by atoms with E-state index in [9.17, 15) is 9.59 Å². The monoisotopic (exact) mass is 406 g/mol. The van der Waals surface area contributed by atoms with Crippen molar-refractivity contribution in [1.29, 1.82) is 0 Å². The number of hydrogen-bond acceptors (Lipinski definition) is 5. The van der Waals surface area contributed by atoms with Gasteiger partial charge < -0.3 is 9.69 Å². The number of carbonyl (C=O) groups is 2. The van der Waals surface area contributed by atoms with Crippen LogP contribution in [0.2, 0.25) is 0 Å². The smallest absolute Gasteiger partial charge is 0.227 e. The molecule has 0 saturated carbocycles. The molecular weight excluding hydrogens is 376 g/mol. The second-order valence-corrected chi connectivity index (χ2v) is 7.46. The van der Waals surface area contributed by atoms with Gasteiger partial charge in [0.05, 0.1) is 6.54 Å². The van der Waals surface area contributed by atoms with E-state index in [1.54, 1.807) is 6.92 Å². The molecule has 158 valence electrons. The minimum Gasteiger partial charge on any atom is -0.308 e. The number of amides is 1. The number of benzene rings is 2. The standard InChI is InChI=1S/C22H24N4O2.C2H6/c1-15(27)8-7-13-20(28)26-14-16-9-3-4-10-17(16)22-21(23-24-25(22)2)18-11-5-6-12-19(18)26;1-2/h3-6,9-12,21-22H,7-8,13-14H2,1-2H3;1-2H3. The number of ketones is 1. The SMILES string of the molecule is CC.CC(=O)CCCC(=O)N1Cc2ccccc2C2C(N=NN2C)c2ccccc21. The largest absolute Gasteiger partial charge is 0.308 e. The summed E-state index contributed by atoms with van der Waals surface area (Å²) < 4.78 is 0. The Morgan fingerprint density at radius 3 is 2.40 bits per heavy atom. The molecule has 2 aliphatic rings. The van der Waals surface area contributed by atoms with Crippen molar-refractivity contribution >= 4 is 17.4 Å². The highest BCUT2D eigenvalue weighted by atomic mass is 16.2. The maximum Gasteiger partial charge on any atom is 0.227 e. The van der Waals surface area contributed by atoms with Crippen LogP contribution in [0.3, 0.4) is 0 Å². The molecule has 0 N–H and O–H groups in total. The molecular formula is C24H30N4O2. The molecule has 2 unspecified atom stereocenters. The van der Waals surface area contributed by atoms with Crippen LogP contribution in [0.15, 0.2) is 58.9 Å². The van der Waals surface area contributed by atoms with E-state index in [-0.39, 0.29) is 23.8 Å². The van der Waals surface area contributed by atoms with Crippen LogP contribution in [-0.4, -0.2) is 23.7 Å². The molecule has 2 aliphatic heterocycles. The third-order valence-electron chi connectivity index (χ3n) is 5.49. The number of para-hydroxylation sites is 1. The minimum absolute atomic E-state index is 0.0207. The first-order valence-electron chi connectivity index (χ1n) is 10.7. The third-order valence-corrected chi connectivity index (χ3v) is 5.49. The summed E-state index contributed by atoms with van der Waals surface area (Å²) >= 11 is 0. The van der Waals surface area contributed by atoms with Gasteiger partial charge in [-0.3, -0.25) is 9.80 Å². The molecule has 2 heterocycles. The molecule has 0 aromatic heterocycles. The fraction of sp³-hybridized carbons (Fsp3) is 0.417. The van der Waals surface area contributed by atoms with Crippen molar-refractivity contribution in [1.82, 2.24) is 5.01 Å². The van der Waals surface area contributed by atoms with Crippen LogP contribution in [0, 0.1) is 0 Å². The third kappa shape index (κ3) is 4.27. The predicted octanol–water partition coefficient (Wildman–Crippen LogP) is 5.41. The zero-order chi connectivity index (χ0) is 21.7. The summed E-state index contributed by atoms with van der Waals surface area (Å²) in [5.41, 5.74) is 4.14. The molecule has 2 aromatic carbocycles. The lowest BCUT2D eigenvalue weighted by atomic mass is 9.87. The van der Waals surface area contributed by atoms with Crippen molar-refractivity contribution in [2.45, 2.75) is 58.7 Å². The lowest BCUT2D eigenvalue weighted by molar-refractivity contribution is -0.119. The molecule has 0 aliphatic carbocycles. The molecule has 6 nitrogen and oxygen atoms in total. The summed E-state index contributed by atoms with van der Waals surface area (Å²) in [7, 11) is 1.94. The zero-order valence-corrected chi connectivity index (χ0v) is 18.2. The van der Waals surface area contributed by atoms with E-state index in [1.165, 1.54) is 0 Å². The highest BCUT2D eigenvalue weighted by molar-refractivity contribution is 5.94. The average molecular weight is 407 g/mol. The Balaban J connectivity index is 0.00000124. The van der Waals surface area contributed by atoms with E-state index in [1.807, 2.05) is 67.2 Å². The fourth-order valence-corrected chi connectivity index (χ4v) is 4.12. The van der Waals surface area contributed by atoms with E-state index in [0.29, 0.717) is 25.8 Å². The van der Waals surface area contributed by atoms with Gasteiger partial charge in [-0.1, -0.05) is 61.5 Å². The van der Waals surface area contributed by atoms with Gasteiger partial charge >= 0.3 is 0 Å². The Kier molecular flexibility index (Phi) is 6.98.